The predicted molar refractivity (Wildman–Crippen MR) is 90.2 cm³/mol. The van der Waals surface area contributed by atoms with E-state index in [0.717, 1.165) is 17.0 Å². The highest BCUT2D eigenvalue weighted by Crippen LogP contribution is 2.23. The van der Waals surface area contributed by atoms with E-state index in [0.29, 0.717) is 17.5 Å². The Labute approximate surface area is 135 Å². The van der Waals surface area contributed by atoms with Crippen LogP contribution in [0.5, 0.6) is 0 Å². The van der Waals surface area contributed by atoms with Crippen molar-refractivity contribution in [1.82, 2.24) is 4.98 Å². The molecule has 0 aliphatic carbocycles. The molecule has 0 aliphatic rings. The van der Waals surface area contributed by atoms with Gasteiger partial charge in [0.15, 0.2) is 5.76 Å². The molecule has 0 unspecified atom stereocenters. The monoisotopic (exact) mass is 312 g/mol. The van der Waals surface area contributed by atoms with E-state index in [2.05, 4.69) is 42.3 Å². The third-order valence-corrected chi connectivity index (χ3v) is 3.75. The van der Waals surface area contributed by atoms with Gasteiger partial charge in [-0.1, -0.05) is 29.3 Å². The summed E-state index contributed by atoms with van der Waals surface area (Å²) in [5.74, 6) is 1.40. The van der Waals surface area contributed by atoms with Gasteiger partial charge in [-0.15, -0.1) is 0 Å². The molecular formula is C18H17ClN2O. The van der Waals surface area contributed by atoms with Gasteiger partial charge in [-0.3, -0.25) is 0 Å². The normalized spacial score (nSPS) is 10.7. The summed E-state index contributed by atoms with van der Waals surface area (Å²) in [4.78, 5) is 4.32. The summed E-state index contributed by atoms with van der Waals surface area (Å²) in [6, 6.07) is 13.8. The molecule has 0 radical (unpaired) electrons. The number of nitrogens with zero attached hydrogens (tertiary/aromatic N) is 1. The lowest BCUT2D eigenvalue weighted by Gasteiger charge is -2.08. The Morgan fingerprint density at radius 3 is 2.59 bits per heavy atom. The molecule has 0 fully saturated rings. The summed E-state index contributed by atoms with van der Waals surface area (Å²) in [5, 5.41) is 4.06. The van der Waals surface area contributed by atoms with Crippen molar-refractivity contribution in [3.05, 3.63) is 70.7 Å². The van der Waals surface area contributed by atoms with E-state index in [1.54, 1.807) is 6.20 Å². The van der Waals surface area contributed by atoms with Gasteiger partial charge >= 0.3 is 0 Å². The average Bonchev–Trinajstić information content (AvgIpc) is 2.96. The fourth-order valence-electron chi connectivity index (χ4n) is 2.32. The highest BCUT2D eigenvalue weighted by atomic mass is 35.5. The first-order chi connectivity index (χ1) is 10.6. The number of rotatable bonds is 4. The molecule has 1 heterocycles. The maximum Gasteiger partial charge on any atom is 0.214 e. The molecule has 4 heteroatoms. The van der Waals surface area contributed by atoms with E-state index in [9.17, 15) is 0 Å². The molecule has 2 aromatic carbocycles. The summed E-state index contributed by atoms with van der Waals surface area (Å²) in [7, 11) is 0. The Bertz CT molecular complexity index is 778. The quantitative estimate of drug-likeness (QED) is 0.717. The number of oxazole rings is 1. The summed E-state index contributed by atoms with van der Waals surface area (Å²) < 4.78 is 5.78. The van der Waals surface area contributed by atoms with Crippen molar-refractivity contribution in [2.45, 2.75) is 20.4 Å². The molecule has 0 saturated heterocycles. The molecule has 0 bridgehead atoms. The Kier molecular flexibility index (Phi) is 4.16. The Morgan fingerprint density at radius 1 is 1.09 bits per heavy atom. The maximum absolute atomic E-state index is 5.89. The third-order valence-electron chi connectivity index (χ3n) is 3.49. The van der Waals surface area contributed by atoms with Gasteiger partial charge in [-0.05, 0) is 49.7 Å². The second kappa shape index (κ2) is 6.24. The number of anilines is 1. The van der Waals surface area contributed by atoms with Crippen LogP contribution in [0.15, 0.2) is 53.1 Å². The summed E-state index contributed by atoms with van der Waals surface area (Å²) in [5.41, 5.74) is 4.53. The van der Waals surface area contributed by atoms with Gasteiger partial charge in [-0.2, -0.15) is 0 Å². The van der Waals surface area contributed by atoms with Crippen molar-refractivity contribution in [3.8, 4) is 11.3 Å². The van der Waals surface area contributed by atoms with Crippen LogP contribution in [0.25, 0.3) is 11.3 Å². The van der Waals surface area contributed by atoms with Crippen LogP contribution in [-0.2, 0) is 6.54 Å². The first-order valence-corrected chi connectivity index (χ1v) is 7.51. The van der Waals surface area contributed by atoms with E-state index in [1.807, 2.05) is 24.3 Å². The predicted octanol–water partition coefficient (Wildman–Crippen LogP) is 5.22. The number of aromatic nitrogens is 1. The Balaban J connectivity index is 1.70. The molecule has 0 amide bonds. The van der Waals surface area contributed by atoms with Gasteiger partial charge in [0.1, 0.15) is 0 Å². The van der Waals surface area contributed by atoms with Crippen LogP contribution in [0.4, 0.5) is 5.69 Å². The zero-order valence-corrected chi connectivity index (χ0v) is 13.3. The van der Waals surface area contributed by atoms with E-state index >= 15 is 0 Å². The van der Waals surface area contributed by atoms with E-state index < -0.39 is 0 Å². The lowest BCUT2D eigenvalue weighted by Crippen LogP contribution is -2.01. The summed E-state index contributed by atoms with van der Waals surface area (Å²) in [6.07, 6.45) is 1.74. The molecule has 22 heavy (non-hydrogen) atoms. The Hall–Kier alpha value is -2.26. The largest absolute Gasteiger partial charge is 0.439 e. The standard InChI is InChI=1S/C18H17ClN2O/c1-12-3-8-16(13(2)9-12)20-11-18-21-10-17(22-18)14-4-6-15(19)7-5-14/h3-10,20H,11H2,1-2H3. The lowest BCUT2D eigenvalue weighted by atomic mass is 10.1. The molecule has 1 aromatic heterocycles. The number of hydrogen-bond donors (Lipinski definition) is 1. The van der Waals surface area contributed by atoms with Crippen LogP contribution in [0.2, 0.25) is 5.02 Å². The van der Waals surface area contributed by atoms with Crippen LogP contribution < -0.4 is 5.32 Å². The minimum atomic E-state index is 0.553. The molecule has 112 valence electrons. The van der Waals surface area contributed by atoms with Crippen molar-refractivity contribution in [2.75, 3.05) is 5.32 Å². The molecule has 0 aliphatic heterocycles. The highest BCUT2D eigenvalue weighted by molar-refractivity contribution is 6.30. The summed E-state index contributed by atoms with van der Waals surface area (Å²) in [6.45, 7) is 4.73. The van der Waals surface area contributed by atoms with Crippen molar-refractivity contribution in [2.24, 2.45) is 0 Å². The van der Waals surface area contributed by atoms with Crippen molar-refractivity contribution < 1.29 is 4.42 Å². The van der Waals surface area contributed by atoms with Crippen LogP contribution in [-0.4, -0.2) is 4.98 Å². The second-order valence-corrected chi connectivity index (χ2v) is 5.73. The third kappa shape index (κ3) is 3.31. The SMILES string of the molecule is Cc1ccc(NCc2ncc(-c3ccc(Cl)cc3)o2)c(C)c1. The summed E-state index contributed by atoms with van der Waals surface area (Å²) >= 11 is 5.89. The molecule has 0 spiro atoms. The van der Waals surface area contributed by atoms with Gasteiger partial charge in [0.05, 0.1) is 12.7 Å². The molecule has 1 N–H and O–H groups in total. The fraction of sp³-hybridized carbons (Fsp3) is 0.167. The van der Waals surface area contributed by atoms with Crippen LogP contribution in [0.3, 0.4) is 0 Å². The number of aryl methyl sites for hydroxylation is 2. The molecule has 3 nitrogen and oxygen atoms in total. The second-order valence-electron chi connectivity index (χ2n) is 5.30. The maximum atomic E-state index is 5.89. The van der Waals surface area contributed by atoms with Crippen molar-refractivity contribution in [3.63, 3.8) is 0 Å². The smallest absolute Gasteiger partial charge is 0.214 e. The molecule has 0 saturated carbocycles. The Morgan fingerprint density at radius 2 is 1.86 bits per heavy atom. The molecular weight excluding hydrogens is 296 g/mol. The molecule has 3 rings (SSSR count). The van der Waals surface area contributed by atoms with Crippen molar-refractivity contribution in [1.29, 1.82) is 0 Å². The number of halogens is 1. The first kappa shape index (κ1) is 14.7. The topological polar surface area (TPSA) is 38.1 Å². The highest BCUT2D eigenvalue weighted by Gasteiger charge is 2.07. The van der Waals surface area contributed by atoms with Gasteiger partial charge in [0.25, 0.3) is 0 Å². The molecule has 0 atom stereocenters. The van der Waals surface area contributed by atoms with Gasteiger partial charge in [0, 0.05) is 16.3 Å². The van der Waals surface area contributed by atoms with Crippen molar-refractivity contribution >= 4 is 17.3 Å². The minimum Gasteiger partial charge on any atom is -0.439 e. The zero-order valence-electron chi connectivity index (χ0n) is 12.6. The zero-order chi connectivity index (χ0) is 15.5. The first-order valence-electron chi connectivity index (χ1n) is 7.13. The van der Waals surface area contributed by atoms with Gasteiger partial charge in [0.2, 0.25) is 5.89 Å². The number of benzene rings is 2. The van der Waals surface area contributed by atoms with Gasteiger partial charge in [-0.25, -0.2) is 4.98 Å². The minimum absolute atomic E-state index is 0.553. The van der Waals surface area contributed by atoms with E-state index in [-0.39, 0.29) is 0 Å². The van der Waals surface area contributed by atoms with Gasteiger partial charge < -0.3 is 9.73 Å². The number of nitrogens with one attached hydrogen (secondary N) is 1. The van der Waals surface area contributed by atoms with E-state index in [4.69, 9.17) is 16.0 Å². The van der Waals surface area contributed by atoms with Crippen LogP contribution >= 0.6 is 11.6 Å². The van der Waals surface area contributed by atoms with Crippen LogP contribution in [0.1, 0.15) is 17.0 Å². The average molecular weight is 313 g/mol. The lowest BCUT2D eigenvalue weighted by molar-refractivity contribution is 0.516. The number of hydrogen-bond acceptors (Lipinski definition) is 3. The van der Waals surface area contributed by atoms with Crippen LogP contribution in [0, 0.1) is 13.8 Å². The van der Waals surface area contributed by atoms with E-state index in [1.165, 1.54) is 11.1 Å². The fourth-order valence-corrected chi connectivity index (χ4v) is 2.45. The molecule has 3 aromatic rings.